The molecule has 0 aliphatic heterocycles. The molecule has 1 aromatic carbocycles. The van der Waals surface area contributed by atoms with Gasteiger partial charge in [0.25, 0.3) is 0 Å². The zero-order valence-corrected chi connectivity index (χ0v) is 17.1. The summed E-state index contributed by atoms with van der Waals surface area (Å²) in [6.07, 6.45) is -2.02. The van der Waals surface area contributed by atoms with Gasteiger partial charge in [0.2, 0.25) is 11.8 Å². The van der Waals surface area contributed by atoms with Crippen LogP contribution < -0.4 is 15.6 Å². The number of carbonyl (C=O) groups is 4. The van der Waals surface area contributed by atoms with E-state index in [0.717, 1.165) is 12.1 Å². The normalized spacial score (nSPS) is 13.2. The van der Waals surface area contributed by atoms with Crippen LogP contribution in [0.4, 0.5) is 5.69 Å². The molecule has 1 rings (SSSR count). The van der Waals surface area contributed by atoms with Gasteiger partial charge in [-0.25, -0.2) is 14.9 Å². The number of nitro groups is 2. The molecule has 4 N–H and O–H groups in total. The topological polar surface area (TPSA) is 222 Å². The number of thiol groups is 1. The lowest BCUT2D eigenvalue weighted by Crippen LogP contribution is -2.63. The van der Waals surface area contributed by atoms with E-state index in [-0.39, 0.29) is 10.8 Å². The molecule has 15 nitrogen and oxygen atoms in total. The molecular formula is C16H19N5O10S. The second-order valence-corrected chi connectivity index (χ2v) is 6.54. The van der Waals surface area contributed by atoms with E-state index < -0.39 is 70.5 Å². The standard InChI is InChI=1S/C16H19N5O10S/c22-12(18-11(9-32)14(25)17-8-13(23)24)6-7-16(15(26)27,20(28)29)19(21(30)31)10-4-2-1-3-5-10/h1-5,11,32H,6-9H2,(H,17,25)(H,18,22)(H,23,24)(H,26,27)/t11-,16+/m0/s1. The van der Waals surface area contributed by atoms with Crippen LogP contribution in [0.15, 0.2) is 30.3 Å². The molecule has 0 heterocycles. The van der Waals surface area contributed by atoms with Gasteiger partial charge in [0.05, 0.1) is 11.3 Å². The maximum Gasteiger partial charge on any atom is 0.444 e. The largest absolute Gasteiger partial charge is 0.480 e. The Bertz CT molecular complexity index is 882. The summed E-state index contributed by atoms with van der Waals surface area (Å²) in [5.41, 5.74) is -3.75. The zero-order chi connectivity index (χ0) is 24.5. The number of hydrazine groups is 1. The number of amides is 2. The summed E-state index contributed by atoms with van der Waals surface area (Å²) in [6, 6.07) is 4.91. The van der Waals surface area contributed by atoms with Gasteiger partial charge in [-0.15, -0.1) is 0 Å². The summed E-state index contributed by atoms with van der Waals surface area (Å²) >= 11 is 3.85. The lowest BCUT2D eigenvalue weighted by atomic mass is 10.0. The van der Waals surface area contributed by atoms with Gasteiger partial charge in [0.1, 0.15) is 18.3 Å². The highest BCUT2D eigenvalue weighted by atomic mass is 32.1. The van der Waals surface area contributed by atoms with E-state index in [1.54, 1.807) is 0 Å². The summed E-state index contributed by atoms with van der Waals surface area (Å²) < 4.78 is 0. The SMILES string of the molecule is O=C(O)CNC(=O)[C@H](CS)NC(=O)CC[C@@](C(=O)O)(N(c1ccccc1)[N+](=O)[O-])[N+](=O)[O-]. The fourth-order valence-electron chi connectivity index (χ4n) is 2.60. The Morgan fingerprint density at radius 1 is 1.12 bits per heavy atom. The van der Waals surface area contributed by atoms with Crippen molar-refractivity contribution in [1.29, 1.82) is 0 Å². The average Bonchev–Trinajstić information content (AvgIpc) is 2.72. The number of nitrogens with one attached hydrogen (secondary N) is 2. The van der Waals surface area contributed by atoms with Gasteiger partial charge >= 0.3 is 17.6 Å². The van der Waals surface area contributed by atoms with Gasteiger partial charge in [-0.1, -0.05) is 18.2 Å². The molecule has 0 unspecified atom stereocenters. The van der Waals surface area contributed by atoms with Gasteiger partial charge in [0.15, 0.2) is 5.03 Å². The molecule has 0 radical (unpaired) electrons. The quantitative estimate of drug-likeness (QED) is 0.103. The molecule has 16 heteroatoms. The summed E-state index contributed by atoms with van der Waals surface area (Å²) in [5.74, 6) is -5.76. The van der Waals surface area contributed by atoms with Crippen LogP contribution in [0.5, 0.6) is 0 Å². The van der Waals surface area contributed by atoms with Crippen LogP contribution in [0.3, 0.4) is 0 Å². The minimum Gasteiger partial charge on any atom is -0.480 e. The Morgan fingerprint density at radius 2 is 1.72 bits per heavy atom. The summed E-state index contributed by atoms with van der Waals surface area (Å²) in [5, 5.41) is 44.2. The van der Waals surface area contributed by atoms with E-state index in [2.05, 4.69) is 17.9 Å². The van der Waals surface area contributed by atoms with Crippen LogP contribution in [0.2, 0.25) is 0 Å². The summed E-state index contributed by atoms with van der Waals surface area (Å²) in [7, 11) is 0. The van der Waals surface area contributed by atoms with Crippen molar-refractivity contribution in [3.8, 4) is 0 Å². The fraction of sp³-hybridized carbons (Fsp3) is 0.375. The molecule has 0 aliphatic carbocycles. The minimum atomic E-state index is -3.34. The van der Waals surface area contributed by atoms with E-state index in [0.29, 0.717) is 0 Å². The summed E-state index contributed by atoms with van der Waals surface area (Å²) in [6.45, 7) is -0.739. The Labute approximate surface area is 185 Å². The maximum absolute atomic E-state index is 12.2. The van der Waals surface area contributed by atoms with Crippen molar-refractivity contribution in [2.45, 2.75) is 24.5 Å². The highest BCUT2D eigenvalue weighted by Gasteiger charge is 2.63. The van der Waals surface area contributed by atoms with Crippen molar-refractivity contribution in [3.63, 3.8) is 0 Å². The Hall–Kier alpha value is -3.95. The van der Waals surface area contributed by atoms with Gasteiger partial charge in [-0.2, -0.15) is 12.6 Å². The maximum atomic E-state index is 12.2. The Morgan fingerprint density at radius 3 is 2.16 bits per heavy atom. The third-order valence-electron chi connectivity index (χ3n) is 4.11. The van der Waals surface area contributed by atoms with Gasteiger partial charge < -0.3 is 20.8 Å². The van der Waals surface area contributed by atoms with Crippen LogP contribution in [0.25, 0.3) is 0 Å². The second kappa shape index (κ2) is 11.4. The Balaban J connectivity index is 3.12. The first kappa shape index (κ1) is 26.1. The van der Waals surface area contributed by atoms with E-state index in [1.807, 2.05) is 5.32 Å². The number of aliphatic carboxylic acids is 2. The molecule has 2 amide bonds. The number of carboxylic acid groups (broad SMARTS) is 2. The second-order valence-electron chi connectivity index (χ2n) is 6.18. The van der Waals surface area contributed by atoms with Crippen LogP contribution >= 0.6 is 12.6 Å². The van der Waals surface area contributed by atoms with Crippen molar-refractivity contribution >= 4 is 42.1 Å². The van der Waals surface area contributed by atoms with E-state index in [9.17, 15) is 44.5 Å². The molecule has 0 aromatic heterocycles. The first-order valence-corrected chi connectivity index (χ1v) is 9.37. The van der Waals surface area contributed by atoms with Crippen molar-refractivity contribution in [1.82, 2.24) is 10.6 Å². The third-order valence-corrected chi connectivity index (χ3v) is 4.47. The highest BCUT2D eigenvalue weighted by molar-refractivity contribution is 7.80. The molecule has 174 valence electrons. The number of rotatable bonds is 13. The fourth-order valence-corrected chi connectivity index (χ4v) is 2.85. The minimum absolute atomic E-state index is 0.154. The molecule has 2 atom stereocenters. The van der Waals surface area contributed by atoms with E-state index >= 15 is 0 Å². The van der Waals surface area contributed by atoms with E-state index in [1.165, 1.54) is 18.2 Å². The Kier molecular flexibility index (Phi) is 9.33. The monoisotopic (exact) mass is 473 g/mol. The molecule has 0 bridgehead atoms. The molecule has 0 saturated heterocycles. The predicted octanol–water partition coefficient (Wildman–Crippen LogP) is -0.862. The van der Waals surface area contributed by atoms with Crippen molar-refractivity contribution in [2.75, 3.05) is 17.3 Å². The molecule has 0 spiro atoms. The smallest absolute Gasteiger partial charge is 0.444 e. The number of carboxylic acids is 2. The van der Waals surface area contributed by atoms with E-state index in [4.69, 9.17) is 5.11 Å². The zero-order valence-electron chi connectivity index (χ0n) is 16.2. The van der Waals surface area contributed by atoms with Gasteiger partial charge in [-0.3, -0.25) is 24.5 Å². The highest BCUT2D eigenvalue weighted by Crippen LogP contribution is 2.29. The molecule has 0 aliphatic rings. The van der Waals surface area contributed by atoms with Crippen molar-refractivity contribution in [2.24, 2.45) is 0 Å². The molecule has 0 fully saturated rings. The first-order chi connectivity index (χ1) is 15.0. The van der Waals surface area contributed by atoms with Gasteiger partial charge in [-0.05, 0) is 17.1 Å². The number of benzene rings is 1. The number of anilines is 1. The number of nitrogens with zero attached hydrogens (tertiary/aromatic N) is 3. The number of para-hydroxylation sites is 1. The lowest BCUT2D eigenvalue weighted by molar-refractivity contribution is -0.625. The molecule has 1 aromatic rings. The van der Waals surface area contributed by atoms with Crippen LogP contribution in [0, 0.1) is 20.2 Å². The first-order valence-electron chi connectivity index (χ1n) is 8.74. The number of hydrogen-bond donors (Lipinski definition) is 5. The van der Waals surface area contributed by atoms with Crippen molar-refractivity contribution in [3.05, 3.63) is 50.6 Å². The third kappa shape index (κ3) is 6.27. The predicted molar refractivity (Wildman–Crippen MR) is 109 cm³/mol. The molecule has 32 heavy (non-hydrogen) atoms. The number of carbonyl (C=O) groups excluding carboxylic acids is 2. The van der Waals surface area contributed by atoms with Gasteiger partial charge in [0, 0.05) is 12.2 Å². The average molecular weight is 473 g/mol. The van der Waals surface area contributed by atoms with Crippen LogP contribution in [-0.2, 0) is 19.2 Å². The van der Waals surface area contributed by atoms with Crippen molar-refractivity contribution < 1.29 is 39.3 Å². The van der Waals surface area contributed by atoms with Crippen LogP contribution in [-0.4, -0.2) is 67.9 Å². The van der Waals surface area contributed by atoms with Crippen LogP contribution in [0.1, 0.15) is 12.8 Å². The number of hydrogen-bond acceptors (Lipinski definition) is 9. The summed E-state index contributed by atoms with van der Waals surface area (Å²) in [4.78, 5) is 68.5. The molecular weight excluding hydrogens is 454 g/mol. The lowest BCUT2D eigenvalue weighted by Gasteiger charge is -2.26. The molecule has 0 saturated carbocycles.